The third-order valence-electron chi connectivity index (χ3n) is 2.62. The first-order valence-electron chi connectivity index (χ1n) is 5.97. The monoisotopic (exact) mass is 303 g/mol. The van der Waals surface area contributed by atoms with Crippen molar-refractivity contribution < 1.29 is 22.5 Å². The van der Waals surface area contributed by atoms with Gasteiger partial charge in [0, 0.05) is 5.92 Å². The number of aromatic nitrogens is 4. The fourth-order valence-electron chi connectivity index (χ4n) is 1.67. The first kappa shape index (κ1) is 15.0. The van der Waals surface area contributed by atoms with Gasteiger partial charge in [0.15, 0.2) is 5.76 Å². The first-order valence-corrected chi connectivity index (χ1v) is 5.97. The zero-order valence-corrected chi connectivity index (χ0v) is 11.4. The highest BCUT2D eigenvalue weighted by atomic mass is 19.4. The number of aryl methyl sites for hydroxylation is 1. The van der Waals surface area contributed by atoms with Gasteiger partial charge in [-0.15, -0.1) is 5.10 Å². The van der Waals surface area contributed by atoms with Gasteiger partial charge in [0.2, 0.25) is 11.8 Å². The molecule has 21 heavy (non-hydrogen) atoms. The van der Waals surface area contributed by atoms with E-state index in [0.29, 0.717) is 11.5 Å². The van der Waals surface area contributed by atoms with Crippen LogP contribution in [0, 0.1) is 6.92 Å². The molecule has 0 saturated heterocycles. The van der Waals surface area contributed by atoms with E-state index >= 15 is 0 Å². The second-order valence-electron chi connectivity index (χ2n) is 4.62. The number of anilines is 1. The van der Waals surface area contributed by atoms with Crippen molar-refractivity contribution in [2.75, 3.05) is 5.32 Å². The predicted octanol–water partition coefficient (Wildman–Crippen LogP) is 2.50. The lowest BCUT2D eigenvalue weighted by molar-refractivity contribution is -0.144. The molecule has 0 unspecified atom stereocenters. The maximum atomic E-state index is 12.4. The fourth-order valence-corrected chi connectivity index (χ4v) is 1.67. The number of rotatable bonds is 3. The van der Waals surface area contributed by atoms with Crippen LogP contribution < -0.4 is 5.32 Å². The molecule has 0 aliphatic carbocycles. The standard InChI is InChI=1S/C11H12F3N5O2/c1-4(2)7-6(5(3)19-21-7)8(20)15-10-16-9(17-18-10)11(12,13)14/h4H,1-3H3,(H2,15,16,17,18,20). The maximum Gasteiger partial charge on any atom is 0.451 e. The average Bonchev–Trinajstić information content (AvgIpc) is 2.94. The smallest absolute Gasteiger partial charge is 0.360 e. The van der Waals surface area contributed by atoms with E-state index in [1.54, 1.807) is 25.9 Å². The van der Waals surface area contributed by atoms with Crippen LogP contribution in [-0.4, -0.2) is 26.2 Å². The molecule has 1 amide bonds. The molecular formula is C11H12F3N5O2. The normalized spacial score (nSPS) is 12.0. The first-order chi connectivity index (χ1) is 9.70. The second-order valence-corrected chi connectivity index (χ2v) is 4.62. The number of nitrogens with one attached hydrogen (secondary N) is 2. The zero-order valence-electron chi connectivity index (χ0n) is 11.4. The maximum absolute atomic E-state index is 12.4. The summed E-state index contributed by atoms with van der Waals surface area (Å²) in [5.41, 5.74) is 0.506. The van der Waals surface area contributed by atoms with Gasteiger partial charge in [-0.05, 0) is 6.92 Å². The van der Waals surface area contributed by atoms with Gasteiger partial charge in [0.1, 0.15) is 5.56 Å². The minimum atomic E-state index is -4.66. The third kappa shape index (κ3) is 3.03. The number of hydrogen-bond donors (Lipinski definition) is 2. The molecule has 0 radical (unpaired) electrons. The Balaban J connectivity index is 2.23. The molecule has 114 valence electrons. The zero-order chi connectivity index (χ0) is 15.8. The SMILES string of the molecule is Cc1noc(C(C)C)c1C(=O)Nc1n[nH]c(C(F)(F)F)n1. The fraction of sp³-hybridized carbons (Fsp3) is 0.455. The van der Waals surface area contributed by atoms with Gasteiger partial charge >= 0.3 is 6.18 Å². The van der Waals surface area contributed by atoms with Gasteiger partial charge in [-0.1, -0.05) is 19.0 Å². The van der Waals surface area contributed by atoms with Crippen molar-refractivity contribution in [3.8, 4) is 0 Å². The Hall–Kier alpha value is -2.39. The second kappa shape index (κ2) is 5.19. The van der Waals surface area contributed by atoms with Crippen LogP contribution in [0.25, 0.3) is 0 Å². The van der Waals surface area contributed by atoms with Gasteiger partial charge in [-0.25, -0.2) is 0 Å². The molecule has 2 aromatic rings. The minimum absolute atomic E-state index is 0.107. The molecule has 10 heteroatoms. The molecular weight excluding hydrogens is 291 g/mol. The van der Waals surface area contributed by atoms with Crippen LogP contribution >= 0.6 is 0 Å². The highest BCUT2D eigenvalue weighted by Gasteiger charge is 2.35. The molecule has 0 bridgehead atoms. The summed E-state index contributed by atoms with van der Waals surface area (Å²) in [4.78, 5) is 15.3. The molecule has 2 rings (SSSR count). The van der Waals surface area contributed by atoms with Crippen molar-refractivity contribution >= 4 is 11.9 Å². The number of halogens is 3. The number of H-pyrrole nitrogens is 1. The number of alkyl halides is 3. The van der Waals surface area contributed by atoms with E-state index in [9.17, 15) is 18.0 Å². The molecule has 0 spiro atoms. The van der Waals surface area contributed by atoms with Crippen LogP contribution in [-0.2, 0) is 6.18 Å². The molecule has 0 aliphatic rings. The van der Waals surface area contributed by atoms with Crippen LogP contribution in [0.1, 0.15) is 47.4 Å². The van der Waals surface area contributed by atoms with Gasteiger partial charge in [0.25, 0.3) is 5.91 Å². The van der Waals surface area contributed by atoms with Crippen molar-refractivity contribution in [2.24, 2.45) is 0 Å². The topological polar surface area (TPSA) is 96.7 Å². The average molecular weight is 303 g/mol. The van der Waals surface area contributed by atoms with E-state index in [4.69, 9.17) is 4.52 Å². The summed E-state index contributed by atoms with van der Waals surface area (Å²) in [7, 11) is 0. The summed E-state index contributed by atoms with van der Waals surface area (Å²) >= 11 is 0. The summed E-state index contributed by atoms with van der Waals surface area (Å²) in [6.07, 6.45) is -4.66. The van der Waals surface area contributed by atoms with Gasteiger partial charge in [-0.2, -0.15) is 18.2 Å². The number of amides is 1. The van der Waals surface area contributed by atoms with E-state index in [2.05, 4.69) is 20.6 Å². The van der Waals surface area contributed by atoms with Gasteiger partial charge in [-0.3, -0.25) is 15.2 Å². The Kier molecular flexibility index (Phi) is 3.71. The van der Waals surface area contributed by atoms with Crippen molar-refractivity contribution in [1.82, 2.24) is 20.3 Å². The molecule has 2 heterocycles. The summed E-state index contributed by atoms with van der Waals surface area (Å²) in [6, 6.07) is 0. The van der Waals surface area contributed by atoms with Crippen molar-refractivity contribution in [3.05, 3.63) is 22.8 Å². The third-order valence-corrected chi connectivity index (χ3v) is 2.62. The Morgan fingerprint density at radius 2 is 2.05 bits per heavy atom. The van der Waals surface area contributed by atoms with E-state index in [1.807, 2.05) is 0 Å². The lowest BCUT2D eigenvalue weighted by atomic mass is 10.0. The Morgan fingerprint density at radius 3 is 2.57 bits per heavy atom. The highest BCUT2D eigenvalue weighted by molar-refractivity contribution is 6.04. The highest BCUT2D eigenvalue weighted by Crippen LogP contribution is 2.27. The Morgan fingerprint density at radius 1 is 1.38 bits per heavy atom. The quantitative estimate of drug-likeness (QED) is 0.908. The van der Waals surface area contributed by atoms with Crippen molar-refractivity contribution in [3.63, 3.8) is 0 Å². The molecule has 0 atom stereocenters. The Labute approximate surface area is 116 Å². The molecule has 2 N–H and O–H groups in total. The van der Waals surface area contributed by atoms with Crippen LogP contribution in [0.4, 0.5) is 19.1 Å². The molecule has 0 aliphatic heterocycles. The van der Waals surface area contributed by atoms with Crippen LogP contribution in [0.5, 0.6) is 0 Å². The molecule has 0 fully saturated rings. The van der Waals surface area contributed by atoms with E-state index < -0.39 is 23.9 Å². The molecule has 0 saturated carbocycles. The number of hydrogen-bond acceptors (Lipinski definition) is 5. The lowest BCUT2D eigenvalue weighted by Gasteiger charge is -2.04. The van der Waals surface area contributed by atoms with Crippen LogP contribution in [0.15, 0.2) is 4.52 Å². The van der Waals surface area contributed by atoms with Crippen molar-refractivity contribution in [2.45, 2.75) is 32.9 Å². The molecule has 7 nitrogen and oxygen atoms in total. The summed E-state index contributed by atoms with van der Waals surface area (Å²) in [6.45, 7) is 5.15. The summed E-state index contributed by atoms with van der Waals surface area (Å²) in [5.74, 6) is -2.20. The van der Waals surface area contributed by atoms with E-state index in [1.165, 1.54) is 0 Å². The van der Waals surface area contributed by atoms with Crippen molar-refractivity contribution in [1.29, 1.82) is 0 Å². The molecule has 0 aromatic carbocycles. The Bertz CT molecular complexity index is 659. The van der Waals surface area contributed by atoms with Crippen LogP contribution in [0.3, 0.4) is 0 Å². The minimum Gasteiger partial charge on any atom is -0.360 e. The number of carbonyl (C=O) groups is 1. The summed E-state index contributed by atoms with van der Waals surface area (Å²) < 4.78 is 42.2. The van der Waals surface area contributed by atoms with Crippen LogP contribution in [0.2, 0.25) is 0 Å². The lowest BCUT2D eigenvalue weighted by Crippen LogP contribution is -2.16. The number of carbonyl (C=O) groups excluding carboxylic acids is 1. The number of aromatic amines is 1. The van der Waals surface area contributed by atoms with Gasteiger partial charge < -0.3 is 4.52 Å². The predicted molar refractivity (Wildman–Crippen MR) is 64.7 cm³/mol. The van der Waals surface area contributed by atoms with E-state index in [0.717, 1.165) is 0 Å². The van der Waals surface area contributed by atoms with Gasteiger partial charge in [0.05, 0.1) is 5.69 Å². The van der Waals surface area contributed by atoms with E-state index in [-0.39, 0.29) is 11.5 Å². The largest absolute Gasteiger partial charge is 0.451 e. The molecule has 2 aromatic heterocycles. The number of nitrogens with zero attached hydrogens (tertiary/aromatic N) is 3. The summed E-state index contributed by atoms with van der Waals surface area (Å²) in [5, 5.41) is 10.9.